The highest BCUT2D eigenvalue weighted by Gasteiger charge is 2.32. The lowest BCUT2D eigenvalue weighted by atomic mass is 9.91. The summed E-state index contributed by atoms with van der Waals surface area (Å²) in [7, 11) is 0. The van der Waals surface area contributed by atoms with Crippen LogP contribution in [-0.4, -0.2) is 36.4 Å². The summed E-state index contributed by atoms with van der Waals surface area (Å²) in [5.74, 6) is -0.585. The van der Waals surface area contributed by atoms with E-state index in [2.05, 4.69) is 5.32 Å². The van der Waals surface area contributed by atoms with E-state index in [0.717, 1.165) is 5.56 Å². The lowest BCUT2D eigenvalue weighted by Gasteiger charge is -2.35. The van der Waals surface area contributed by atoms with Crippen molar-refractivity contribution >= 4 is 12.0 Å². The maximum atomic E-state index is 12.7. The molecule has 1 aliphatic heterocycles. The van der Waals surface area contributed by atoms with Gasteiger partial charge in [-0.05, 0) is 36.6 Å². The van der Waals surface area contributed by atoms with E-state index in [0.29, 0.717) is 26.1 Å². The second-order valence-corrected chi connectivity index (χ2v) is 4.92. The smallest absolute Gasteiger partial charge is 0.244 e. The van der Waals surface area contributed by atoms with Crippen molar-refractivity contribution in [3.63, 3.8) is 0 Å². The van der Waals surface area contributed by atoms with E-state index >= 15 is 0 Å². The Bertz CT molecular complexity index is 478. The van der Waals surface area contributed by atoms with Gasteiger partial charge in [0.15, 0.2) is 0 Å². The van der Waals surface area contributed by atoms with Gasteiger partial charge >= 0.3 is 0 Å². The number of halogens is 1. The van der Waals surface area contributed by atoms with Gasteiger partial charge in [0.2, 0.25) is 5.91 Å². The van der Waals surface area contributed by atoms with Crippen LogP contribution >= 0.6 is 0 Å². The Balaban J connectivity index is 1.95. The molecule has 0 radical (unpaired) electrons. The molecular formula is C15H18FNO3. The molecule has 20 heavy (non-hydrogen) atoms. The van der Waals surface area contributed by atoms with E-state index in [1.165, 1.54) is 18.2 Å². The molecule has 0 bridgehead atoms. The van der Waals surface area contributed by atoms with Crippen LogP contribution in [0.15, 0.2) is 30.3 Å². The topological polar surface area (TPSA) is 58.6 Å². The zero-order valence-corrected chi connectivity index (χ0v) is 11.1. The molecule has 0 saturated carbocycles. The highest BCUT2D eigenvalue weighted by molar-refractivity contribution is 5.92. The number of hydrogen-bond acceptors (Lipinski definition) is 3. The molecule has 1 aliphatic rings. The van der Waals surface area contributed by atoms with E-state index in [-0.39, 0.29) is 18.3 Å². The number of aliphatic hydroxyl groups is 1. The minimum atomic E-state index is -0.595. The number of aliphatic hydroxyl groups excluding tert-OH is 1. The number of hydrogen-bond donors (Lipinski definition) is 2. The third-order valence-electron chi connectivity index (χ3n) is 3.44. The Morgan fingerprint density at radius 1 is 1.35 bits per heavy atom. The van der Waals surface area contributed by atoms with Crippen LogP contribution in [0.3, 0.4) is 0 Å². The van der Waals surface area contributed by atoms with E-state index in [9.17, 15) is 14.3 Å². The number of ether oxygens (including phenoxy) is 1. The van der Waals surface area contributed by atoms with E-state index < -0.39 is 5.54 Å². The summed E-state index contributed by atoms with van der Waals surface area (Å²) in [4.78, 5) is 11.9. The zero-order valence-electron chi connectivity index (χ0n) is 11.1. The summed E-state index contributed by atoms with van der Waals surface area (Å²) in [6.07, 6.45) is 4.19. The van der Waals surface area contributed by atoms with Gasteiger partial charge < -0.3 is 15.2 Å². The van der Waals surface area contributed by atoms with Gasteiger partial charge in [-0.15, -0.1) is 0 Å². The molecule has 0 unspecified atom stereocenters. The van der Waals surface area contributed by atoms with E-state index in [4.69, 9.17) is 4.74 Å². The van der Waals surface area contributed by atoms with Crippen molar-refractivity contribution in [1.82, 2.24) is 5.32 Å². The van der Waals surface area contributed by atoms with Crippen LogP contribution in [-0.2, 0) is 9.53 Å². The van der Waals surface area contributed by atoms with Crippen molar-refractivity contribution in [2.24, 2.45) is 0 Å². The first kappa shape index (κ1) is 14.7. The van der Waals surface area contributed by atoms with Crippen molar-refractivity contribution in [2.45, 2.75) is 18.4 Å². The summed E-state index contributed by atoms with van der Waals surface area (Å²) < 4.78 is 18.0. The number of benzene rings is 1. The lowest BCUT2D eigenvalue weighted by molar-refractivity contribution is -0.120. The summed E-state index contributed by atoms with van der Waals surface area (Å²) in [5.41, 5.74) is 0.147. The average Bonchev–Trinajstić information content (AvgIpc) is 2.47. The lowest BCUT2D eigenvalue weighted by Crippen LogP contribution is -2.54. The number of amides is 1. The molecule has 2 rings (SSSR count). The minimum Gasteiger partial charge on any atom is -0.394 e. The normalized spacial score (nSPS) is 18.1. The standard InChI is InChI=1S/C15H18FNO3/c16-13-4-1-12(2-5-13)3-6-14(19)17-15(11-18)7-9-20-10-8-15/h1-6,18H,7-11H2,(H,17,19)/b6-3+. The molecule has 5 heteroatoms. The van der Waals surface area contributed by atoms with E-state index in [1.54, 1.807) is 18.2 Å². The molecule has 1 aromatic carbocycles. The molecule has 1 heterocycles. The molecule has 1 aromatic rings. The molecule has 4 nitrogen and oxygen atoms in total. The van der Waals surface area contributed by atoms with Crippen LogP contribution in [0.25, 0.3) is 6.08 Å². The monoisotopic (exact) mass is 279 g/mol. The fraction of sp³-hybridized carbons (Fsp3) is 0.400. The number of nitrogens with one attached hydrogen (secondary N) is 1. The molecule has 0 atom stereocenters. The largest absolute Gasteiger partial charge is 0.394 e. The average molecular weight is 279 g/mol. The predicted octanol–water partition coefficient (Wildman–Crippen LogP) is 1.50. The van der Waals surface area contributed by atoms with Gasteiger partial charge in [0.1, 0.15) is 5.82 Å². The molecule has 1 amide bonds. The van der Waals surface area contributed by atoms with Crippen LogP contribution in [0.1, 0.15) is 18.4 Å². The molecule has 0 aliphatic carbocycles. The highest BCUT2D eigenvalue weighted by atomic mass is 19.1. The Morgan fingerprint density at radius 2 is 2.00 bits per heavy atom. The third-order valence-corrected chi connectivity index (χ3v) is 3.44. The molecule has 108 valence electrons. The minimum absolute atomic E-state index is 0.105. The molecule has 0 aromatic heterocycles. The summed E-state index contributed by atoms with van der Waals surface area (Å²) in [6, 6.07) is 5.86. The van der Waals surface area contributed by atoms with Gasteiger partial charge in [-0.2, -0.15) is 0 Å². The Hall–Kier alpha value is -1.72. The third kappa shape index (κ3) is 3.88. The van der Waals surface area contributed by atoms with Gasteiger partial charge in [-0.3, -0.25) is 4.79 Å². The first-order chi connectivity index (χ1) is 9.63. The molecular weight excluding hydrogens is 261 g/mol. The number of carbonyl (C=O) groups excluding carboxylic acids is 1. The Labute approximate surface area is 117 Å². The van der Waals surface area contributed by atoms with Crippen LogP contribution in [0, 0.1) is 5.82 Å². The predicted molar refractivity (Wildman–Crippen MR) is 73.4 cm³/mol. The van der Waals surface area contributed by atoms with Crippen molar-refractivity contribution in [2.75, 3.05) is 19.8 Å². The van der Waals surface area contributed by atoms with Crippen LogP contribution < -0.4 is 5.32 Å². The van der Waals surface area contributed by atoms with Crippen molar-refractivity contribution < 1.29 is 19.0 Å². The molecule has 2 N–H and O–H groups in total. The first-order valence-electron chi connectivity index (χ1n) is 6.58. The van der Waals surface area contributed by atoms with Gasteiger partial charge in [0.05, 0.1) is 12.1 Å². The van der Waals surface area contributed by atoms with Gasteiger partial charge in [-0.1, -0.05) is 12.1 Å². The maximum Gasteiger partial charge on any atom is 0.244 e. The summed E-state index contributed by atoms with van der Waals surface area (Å²) in [6.45, 7) is 0.956. The Morgan fingerprint density at radius 3 is 2.60 bits per heavy atom. The first-order valence-corrected chi connectivity index (χ1v) is 6.58. The summed E-state index contributed by atoms with van der Waals surface area (Å²) >= 11 is 0. The summed E-state index contributed by atoms with van der Waals surface area (Å²) in [5, 5.41) is 12.3. The molecule has 1 fully saturated rings. The fourth-order valence-electron chi connectivity index (χ4n) is 2.13. The van der Waals surface area contributed by atoms with Gasteiger partial charge in [-0.25, -0.2) is 4.39 Å². The number of rotatable bonds is 4. The molecule has 0 spiro atoms. The second kappa shape index (κ2) is 6.63. The van der Waals surface area contributed by atoms with Crippen LogP contribution in [0.2, 0.25) is 0 Å². The zero-order chi connectivity index (χ0) is 14.4. The highest BCUT2D eigenvalue weighted by Crippen LogP contribution is 2.20. The van der Waals surface area contributed by atoms with Crippen LogP contribution in [0.5, 0.6) is 0 Å². The van der Waals surface area contributed by atoms with Crippen molar-refractivity contribution in [3.8, 4) is 0 Å². The second-order valence-electron chi connectivity index (χ2n) is 4.92. The SMILES string of the molecule is O=C(/C=C/c1ccc(F)cc1)NC1(CO)CCOCC1. The maximum absolute atomic E-state index is 12.7. The van der Waals surface area contributed by atoms with E-state index in [1.807, 2.05) is 0 Å². The van der Waals surface area contributed by atoms with Gasteiger partial charge in [0, 0.05) is 19.3 Å². The molecule has 1 saturated heterocycles. The Kier molecular flexibility index (Phi) is 4.87. The van der Waals surface area contributed by atoms with Crippen molar-refractivity contribution in [3.05, 3.63) is 41.7 Å². The fourth-order valence-corrected chi connectivity index (χ4v) is 2.13. The van der Waals surface area contributed by atoms with Gasteiger partial charge in [0.25, 0.3) is 0 Å². The quantitative estimate of drug-likeness (QED) is 0.821. The van der Waals surface area contributed by atoms with Crippen LogP contribution in [0.4, 0.5) is 4.39 Å². The number of carbonyl (C=O) groups is 1. The van der Waals surface area contributed by atoms with Crippen molar-refractivity contribution in [1.29, 1.82) is 0 Å².